The molecule has 96 valence electrons. The van der Waals surface area contributed by atoms with E-state index in [2.05, 4.69) is 0 Å². The number of nitrogens with two attached hydrogens (primary N) is 1. The van der Waals surface area contributed by atoms with Crippen molar-refractivity contribution in [3.63, 3.8) is 0 Å². The van der Waals surface area contributed by atoms with E-state index in [0.717, 1.165) is 5.56 Å². The molecule has 9 heteroatoms. The Morgan fingerprint density at radius 1 is 1.06 bits per heavy atom. The van der Waals surface area contributed by atoms with Gasteiger partial charge in [-0.1, -0.05) is 6.07 Å². The van der Waals surface area contributed by atoms with Gasteiger partial charge in [0.05, 0.1) is 0 Å². The molecule has 1 rings (SSSR count). The van der Waals surface area contributed by atoms with Crippen LogP contribution >= 0.6 is 0 Å². The van der Waals surface area contributed by atoms with Crippen LogP contribution < -0.4 is 5.73 Å². The predicted molar refractivity (Wildman–Crippen MR) is 65.1 cm³/mol. The fourth-order valence-corrected chi connectivity index (χ4v) is 0.891. The van der Waals surface area contributed by atoms with Gasteiger partial charge in [0, 0.05) is 0 Å². The molecule has 0 bridgehead atoms. The van der Waals surface area contributed by atoms with Crippen LogP contribution in [0.15, 0.2) is 18.2 Å². The van der Waals surface area contributed by atoms with E-state index in [9.17, 15) is 0 Å². The van der Waals surface area contributed by atoms with Gasteiger partial charge >= 0.3 is 46.8 Å². The number of hydrogen-bond donors (Lipinski definition) is 7. The predicted octanol–water partition coefficient (Wildman–Crippen LogP) is -2.17. The first-order valence-electron chi connectivity index (χ1n) is 4.34. The Kier molecular flexibility index (Phi) is 10.4. The Morgan fingerprint density at radius 3 is 1.88 bits per heavy atom. The number of aromatic hydroxyl groups is 2. The monoisotopic (exact) mass is 291 g/mol. The molecule has 0 amide bonds. The Balaban J connectivity index is -0.000000125. The maximum absolute atomic E-state index is 9.04. The Bertz CT molecular complexity index is 336. The van der Waals surface area contributed by atoms with Crippen LogP contribution in [0, 0.1) is 0 Å². The average Bonchev–Trinajstić information content (AvgIpc) is 2.09. The summed E-state index contributed by atoms with van der Waals surface area (Å²) in [6.07, 6.45) is 0.716. The molecule has 0 aromatic heterocycles. The van der Waals surface area contributed by atoms with Crippen LogP contribution in [-0.4, -0.2) is 82.7 Å². The second kappa shape index (κ2) is 9.08. The number of phenols is 2. The SMILES string of the molecule is NCCc1ccc(O)c(O)c1.O[Si](O)(O)O.[Ca+2].[H-].[H-]. The summed E-state index contributed by atoms with van der Waals surface area (Å²) >= 11 is 0. The molecule has 1 aromatic carbocycles. The van der Waals surface area contributed by atoms with Crippen molar-refractivity contribution in [3.8, 4) is 11.5 Å². The Hall–Kier alpha value is 0.0966. The largest absolute Gasteiger partial charge is 2.00 e. The second-order valence-electron chi connectivity index (χ2n) is 2.96. The van der Waals surface area contributed by atoms with E-state index in [1.165, 1.54) is 12.1 Å². The summed E-state index contributed by atoms with van der Waals surface area (Å²) < 4.78 is 0. The van der Waals surface area contributed by atoms with Gasteiger partial charge < -0.3 is 38.0 Å². The number of phenolic OH excluding ortho intramolecular Hbond substituents is 2. The standard InChI is InChI=1S/C8H11NO2.Ca.H4O4Si.2H/c9-4-3-6-1-2-7(10)8(11)5-6;;1-5(2,3)4;;/h1-2,5,10-11H,3-4,9H2;;1-4H;;/q;+2;;2*-1. The van der Waals surface area contributed by atoms with Crippen LogP contribution in [0.4, 0.5) is 0 Å². The Morgan fingerprint density at radius 2 is 1.53 bits per heavy atom. The zero-order valence-corrected chi connectivity index (χ0v) is 12.3. The number of benzene rings is 1. The fourth-order valence-electron chi connectivity index (χ4n) is 0.891. The first-order valence-corrected chi connectivity index (χ1v) is 6.13. The Labute approximate surface area is 132 Å². The molecule has 0 radical (unpaired) electrons. The summed E-state index contributed by atoms with van der Waals surface area (Å²) in [7, 11) is -4.61. The van der Waals surface area contributed by atoms with Crippen molar-refractivity contribution in [2.45, 2.75) is 6.42 Å². The molecular weight excluding hydrogens is 274 g/mol. The summed E-state index contributed by atoms with van der Waals surface area (Å²) in [6, 6.07) is 4.71. The van der Waals surface area contributed by atoms with Gasteiger partial charge in [-0.25, -0.2) is 0 Å². The van der Waals surface area contributed by atoms with Crippen molar-refractivity contribution < 1.29 is 32.2 Å². The van der Waals surface area contributed by atoms with Gasteiger partial charge in [-0.15, -0.1) is 0 Å². The molecule has 0 heterocycles. The van der Waals surface area contributed by atoms with Gasteiger partial charge in [0.25, 0.3) is 0 Å². The number of hydrogen-bond acceptors (Lipinski definition) is 7. The van der Waals surface area contributed by atoms with Crippen molar-refractivity contribution in [1.82, 2.24) is 0 Å². The maximum atomic E-state index is 9.04. The van der Waals surface area contributed by atoms with Gasteiger partial charge in [0.1, 0.15) is 0 Å². The summed E-state index contributed by atoms with van der Waals surface area (Å²) in [5, 5.41) is 18.0. The minimum absolute atomic E-state index is 0. The fraction of sp³-hybridized carbons (Fsp3) is 0.250. The smallest absolute Gasteiger partial charge is 1.00 e. The van der Waals surface area contributed by atoms with Crippen molar-refractivity contribution in [2.75, 3.05) is 6.54 Å². The molecule has 0 unspecified atom stereocenters. The van der Waals surface area contributed by atoms with Crippen LogP contribution in [0.2, 0.25) is 0 Å². The van der Waals surface area contributed by atoms with Crippen LogP contribution in [0.25, 0.3) is 0 Å². The van der Waals surface area contributed by atoms with Crippen molar-refractivity contribution in [2.24, 2.45) is 5.73 Å². The molecule has 0 saturated heterocycles. The third-order valence-electron chi connectivity index (χ3n) is 1.47. The molecule has 0 aliphatic rings. The van der Waals surface area contributed by atoms with Crippen LogP contribution in [-0.2, 0) is 6.42 Å². The zero-order chi connectivity index (χ0) is 12.8. The summed E-state index contributed by atoms with van der Waals surface area (Å²) in [5.74, 6) is -0.179. The van der Waals surface area contributed by atoms with E-state index in [4.69, 9.17) is 35.1 Å². The average molecular weight is 291 g/mol. The maximum Gasteiger partial charge on any atom is 2.00 e. The molecule has 0 atom stereocenters. The topological polar surface area (TPSA) is 147 Å². The first kappa shape index (κ1) is 19.4. The molecular formula is C8H17CaNO6Si. The van der Waals surface area contributed by atoms with Crippen molar-refractivity contribution in [1.29, 1.82) is 0 Å². The quantitative estimate of drug-likeness (QED) is 0.242. The third kappa shape index (κ3) is 12.3. The summed E-state index contributed by atoms with van der Waals surface area (Å²) in [6.45, 7) is 0.546. The van der Waals surface area contributed by atoms with Crippen LogP contribution in [0.5, 0.6) is 11.5 Å². The molecule has 7 nitrogen and oxygen atoms in total. The minimum Gasteiger partial charge on any atom is -1.00 e. The minimum atomic E-state index is -4.61. The van der Waals surface area contributed by atoms with Crippen molar-refractivity contribution in [3.05, 3.63) is 23.8 Å². The summed E-state index contributed by atoms with van der Waals surface area (Å²) in [5.41, 5.74) is 6.24. The molecule has 0 fully saturated rings. The van der Waals surface area contributed by atoms with E-state index < -0.39 is 9.05 Å². The zero-order valence-electron chi connectivity index (χ0n) is 11.1. The van der Waals surface area contributed by atoms with Crippen LogP contribution in [0.3, 0.4) is 0 Å². The molecule has 0 spiro atoms. The molecule has 8 N–H and O–H groups in total. The molecule has 17 heavy (non-hydrogen) atoms. The van der Waals surface area contributed by atoms with E-state index in [1.807, 2.05) is 0 Å². The van der Waals surface area contributed by atoms with E-state index in [0.29, 0.717) is 13.0 Å². The van der Waals surface area contributed by atoms with Gasteiger partial charge in [0.2, 0.25) is 0 Å². The van der Waals surface area contributed by atoms with Crippen molar-refractivity contribution >= 4 is 46.8 Å². The van der Waals surface area contributed by atoms with Gasteiger partial charge in [-0.3, -0.25) is 0 Å². The van der Waals surface area contributed by atoms with E-state index >= 15 is 0 Å². The van der Waals surface area contributed by atoms with Gasteiger partial charge in [-0.05, 0) is 30.7 Å². The van der Waals surface area contributed by atoms with E-state index in [-0.39, 0.29) is 52.1 Å². The molecule has 0 aliphatic heterocycles. The van der Waals surface area contributed by atoms with Gasteiger partial charge in [0.15, 0.2) is 11.5 Å². The van der Waals surface area contributed by atoms with Crippen LogP contribution in [0.1, 0.15) is 8.42 Å². The molecule has 1 aromatic rings. The summed E-state index contributed by atoms with van der Waals surface area (Å²) in [4.78, 5) is 29.3. The molecule has 0 saturated carbocycles. The normalized spacial score (nSPS) is 9.94. The number of rotatable bonds is 2. The molecule has 0 aliphatic carbocycles. The van der Waals surface area contributed by atoms with E-state index in [1.54, 1.807) is 6.07 Å². The van der Waals surface area contributed by atoms with Gasteiger partial charge in [-0.2, -0.15) is 0 Å². The second-order valence-corrected chi connectivity index (χ2v) is 4.16. The third-order valence-corrected chi connectivity index (χ3v) is 1.47. The first-order chi connectivity index (χ1) is 7.24.